The van der Waals surface area contributed by atoms with E-state index in [2.05, 4.69) is 33.5 Å². The summed E-state index contributed by atoms with van der Waals surface area (Å²) in [6.45, 7) is 5.26. The van der Waals surface area contributed by atoms with E-state index in [1.54, 1.807) is 30.3 Å². The van der Waals surface area contributed by atoms with Crippen LogP contribution in [0, 0.1) is 18.3 Å². The Bertz CT molecular complexity index is 994. The van der Waals surface area contributed by atoms with Crippen molar-refractivity contribution in [3.8, 4) is 6.07 Å². The second-order valence-corrected chi connectivity index (χ2v) is 6.34. The van der Waals surface area contributed by atoms with Gasteiger partial charge >= 0.3 is 0 Å². The lowest BCUT2D eigenvalue weighted by Crippen LogP contribution is -2.26. The van der Waals surface area contributed by atoms with Crippen LogP contribution in [-0.2, 0) is 6.54 Å². The second kappa shape index (κ2) is 8.78. The normalized spacial score (nSPS) is 10.2. The molecule has 0 bridgehead atoms. The largest absolute Gasteiger partial charge is 0.337 e. The summed E-state index contributed by atoms with van der Waals surface area (Å²) in [5.74, 6) is 0.212. The molecule has 3 aromatic rings. The fraction of sp³-hybridized carbons (Fsp3) is 0.182. The van der Waals surface area contributed by atoms with Crippen LogP contribution in [0.15, 0.2) is 60.7 Å². The van der Waals surface area contributed by atoms with Crippen molar-refractivity contribution < 1.29 is 4.79 Å². The minimum absolute atomic E-state index is 0.304. The number of aromatic nitrogens is 2. The van der Waals surface area contributed by atoms with Gasteiger partial charge in [0.15, 0.2) is 0 Å². The molecule has 0 atom stereocenters. The van der Waals surface area contributed by atoms with Crippen molar-refractivity contribution in [2.75, 3.05) is 16.8 Å². The number of amides is 1. The zero-order chi connectivity index (χ0) is 19.9. The molecule has 1 heterocycles. The fourth-order valence-electron chi connectivity index (χ4n) is 2.76. The molecule has 0 aliphatic heterocycles. The molecule has 0 saturated heterocycles. The van der Waals surface area contributed by atoms with Crippen molar-refractivity contribution in [3.05, 3.63) is 83.2 Å². The molecule has 1 amide bonds. The van der Waals surface area contributed by atoms with Crippen LogP contribution in [0.3, 0.4) is 0 Å². The van der Waals surface area contributed by atoms with E-state index < -0.39 is 0 Å². The molecule has 0 unspecified atom stereocenters. The first-order valence-corrected chi connectivity index (χ1v) is 9.05. The second-order valence-electron chi connectivity index (χ2n) is 6.34. The number of nitrogens with zero attached hydrogens (tertiary/aromatic N) is 4. The number of benzene rings is 2. The first-order valence-electron chi connectivity index (χ1n) is 9.05. The Morgan fingerprint density at radius 1 is 1.11 bits per heavy atom. The predicted octanol–water partition coefficient (Wildman–Crippen LogP) is 3.94. The van der Waals surface area contributed by atoms with E-state index in [0.717, 1.165) is 17.8 Å². The van der Waals surface area contributed by atoms with Crippen LogP contribution in [0.1, 0.15) is 34.2 Å². The topological polar surface area (TPSA) is 81.9 Å². The van der Waals surface area contributed by atoms with E-state index in [4.69, 9.17) is 5.26 Å². The fourth-order valence-corrected chi connectivity index (χ4v) is 2.76. The summed E-state index contributed by atoms with van der Waals surface area (Å²) < 4.78 is 0. The molecule has 3 rings (SSSR count). The average molecular weight is 371 g/mol. The SMILES string of the molecule is CCN(Cc1ccccc1)c1nc(C)cc(C(=O)Nc2ccc(C#N)cc2)n1. The Morgan fingerprint density at radius 2 is 1.82 bits per heavy atom. The summed E-state index contributed by atoms with van der Waals surface area (Å²) in [7, 11) is 0. The lowest BCUT2D eigenvalue weighted by molar-refractivity contribution is 0.102. The van der Waals surface area contributed by atoms with Gasteiger partial charge in [-0.05, 0) is 49.7 Å². The molecule has 0 radical (unpaired) electrons. The van der Waals surface area contributed by atoms with Gasteiger partial charge in [0.25, 0.3) is 5.91 Å². The van der Waals surface area contributed by atoms with Crippen LogP contribution in [0.2, 0.25) is 0 Å². The quantitative estimate of drug-likeness (QED) is 0.710. The third kappa shape index (κ3) is 4.71. The number of carbonyl (C=O) groups is 1. The number of nitrogens with one attached hydrogen (secondary N) is 1. The zero-order valence-corrected chi connectivity index (χ0v) is 15.9. The average Bonchev–Trinajstić information content (AvgIpc) is 2.72. The van der Waals surface area contributed by atoms with Gasteiger partial charge in [0, 0.05) is 24.5 Å². The van der Waals surface area contributed by atoms with Crippen LogP contribution in [0.25, 0.3) is 0 Å². The lowest BCUT2D eigenvalue weighted by Gasteiger charge is -2.21. The predicted molar refractivity (Wildman–Crippen MR) is 109 cm³/mol. The highest BCUT2D eigenvalue weighted by Crippen LogP contribution is 2.16. The van der Waals surface area contributed by atoms with Crippen LogP contribution >= 0.6 is 0 Å². The maximum absolute atomic E-state index is 12.7. The van der Waals surface area contributed by atoms with Crippen molar-refractivity contribution in [3.63, 3.8) is 0 Å². The lowest BCUT2D eigenvalue weighted by atomic mass is 10.2. The Balaban J connectivity index is 1.81. The number of rotatable bonds is 6. The molecule has 6 heteroatoms. The molecule has 0 saturated carbocycles. The first kappa shape index (κ1) is 19.1. The van der Waals surface area contributed by atoms with Gasteiger partial charge in [-0.2, -0.15) is 5.26 Å². The number of carbonyl (C=O) groups excluding carboxylic acids is 1. The number of aryl methyl sites for hydroxylation is 1. The zero-order valence-electron chi connectivity index (χ0n) is 15.9. The number of hydrogen-bond donors (Lipinski definition) is 1. The van der Waals surface area contributed by atoms with Crippen LogP contribution in [-0.4, -0.2) is 22.4 Å². The molecule has 0 fully saturated rings. The van der Waals surface area contributed by atoms with E-state index in [1.807, 2.05) is 36.9 Å². The maximum Gasteiger partial charge on any atom is 0.274 e. The van der Waals surface area contributed by atoms with E-state index in [-0.39, 0.29) is 5.91 Å². The Kier molecular flexibility index (Phi) is 5.97. The van der Waals surface area contributed by atoms with Gasteiger partial charge in [-0.25, -0.2) is 9.97 Å². The number of nitriles is 1. The third-order valence-corrected chi connectivity index (χ3v) is 4.23. The molecule has 1 N–H and O–H groups in total. The minimum Gasteiger partial charge on any atom is -0.337 e. The van der Waals surface area contributed by atoms with Crippen molar-refractivity contribution in [2.45, 2.75) is 20.4 Å². The molecule has 6 nitrogen and oxygen atoms in total. The molecular weight excluding hydrogens is 350 g/mol. The molecule has 2 aromatic carbocycles. The first-order chi connectivity index (χ1) is 13.6. The third-order valence-electron chi connectivity index (χ3n) is 4.23. The van der Waals surface area contributed by atoms with Crippen molar-refractivity contribution in [1.82, 2.24) is 9.97 Å². The molecule has 0 spiro atoms. The van der Waals surface area contributed by atoms with Crippen LogP contribution in [0.5, 0.6) is 0 Å². The van der Waals surface area contributed by atoms with Gasteiger partial charge in [-0.1, -0.05) is 30.3 Å². The maximum atomic E-state index is 12.7. The molecule has 140 valence electrons. The Morgan fingerprint density at radius 3 is 2.46 bits per heavy atom. The van der Waals surface area contributed by atoms with Crippen molar-refractivity contribution in [1.29, 1.82) is 5.26 Å². The summed E-state index contributed by atoms with van der Waals surface area (Å²) in [6.07, 6.45) is 0. The number of hydrogen-bond acceptors (Lipinski definition) is 5. The summed E-state index contributed by atoms with van der Waals surface area (Å²) in [6, 6.07) is 20.5. The summed E-state index contributed by atoms with van der Waals surface area (Å²) in [5.41, 5.74) is 3.33. The van der Waals surface area contributed by atoms with Crippen molar-refractivity contribution in [2.24, 2.45) is 0 Å². The Hall–Kier alpha value is -3.72. The van der Waals surface area contributed by atoms with E-state index in [1.165, 1.54) is 0 Å². The van der Waals surface area contributed by atoms with Crippen molar-refractivity contribution >= 4 is 17.5 Å². The minimum atomic E-state index is -0.313. The molecule has 0 aliphatic carbocycles. The molecule has 1 aromatic heterocycles. The van der Waals surface area contributed by atoms with Crippen LogP contribution in [0.4, 0.5) is 11.6 Å². The van der Waals surface area contributed by atoms with Gasteiger partial charge in [0.05, 0.1) is 11.6 Å². The van der Waals surface area contributed by atoms with E-state index in [9.17, 15) is 4.79 Å². The summed E-state index contributed by atoms with van der Waals surface area (Å²) >= 11 is 0. The van der Waals surface area contributed by atoms with Gasteiger partial charge in [0.2, 0.25) is 5.95 Å². The van der Waals surface area contributed by atoms with E-state index in [0.29, 0.717) is 29.4 Å². The van der Waals surface area contributed by atoms with Gasteiger partial charge < -0.3 is 10.2 Å². The molecule has 0 aliphatic rings. The highest BCUT2D eigenvalue weighted by molar-refractivity contribution is 6.03. The molecule has 28 heavy (non-hydrogen) atoms. The standard InChI is InChI=1S/C22H21N5O/c1-3-27(15-18-7-5-4-6-8-18)22-24-16(2)13-20(26-22)21(28)25-19-11-9-17(14-23)10-12-19/h4-13H,3,15H2,1-2H3,(H,25,28). The van der Waals surface area contributed by atoms with E-state index >= 15 is 0 Å². The van der Waals surface area contributed by atoms with Crippen LogP contribution < -0.4 is 10.2 Å². The summed E-state index contributed by atoms with van der Waals surface area (Å²) in [4.78, 5) is 23.7. The molecular formula is C22H21N5O. The van der Waals surface area contributed by atoms with Gasteiger partial charge in [-0.15, -0.1) is 0 Å². The monoisotopic (exact) mass is 371 g/mol. The number of anilines is 2. The van der Waals surface area contributed by atoms with Gasteiger partial charge in [-0.3, -0.25) is 4.79 Å². The smallest absolute Gasteiger partial charge is 0.274 e. The highest BCUT2D eigenvalue weighted by atomic mass is 16.1. The highest BCUT2D eigenvalue weighted by Gasteiger charge is 2.15. The van der Waals surface area contributed by atoms with Gasteiger partial charge in [0.1, 0.15) is 5.69 Å². The summed E-state index contributed by atoms with van der Waals surface area (Å²) in [5, 5.41) is 11.7. The Labute approximate surface area is 164 Å².